The molecule has 0 saturated heterocycles. The van der Waals surface area contributed by atoms with Crippen molar-refractivity contribution in [2.75, 3.05) is 25.8 Å². The van der Waals surface area contributed by atoms with E-state index < -0.39 is 0 Å². The molecule has 0 aliphatic heterocycles. The van der Waals surface area contributed by atoms with Crippen molar-refractivity contribution in [2.24, 2.45) is 0 Å². The third-order valence-corrected chi connectivity index (χ3v) is 4.18. The minimum Gasteiger partial charge on any atom is -0.497 e. The fraction of sp³-hybridized carbons (Fsp3) is 0.158. The van der Waals surface area contributed by atoms with Crippen LogP contribution < -0.4 is 14.8 Å². The number of nitrogens with one attached hydrogen (secondary N) is 1. The first-order chi connectivity index (χ1) is 12.2. The predicted octanol–water partition coefficient (Wildman–Crippen LogP) is 4.63. The molecule has 6 heteroatoms. The molecular weight excluding hydrogens is 334 g/mol. The highest BCUT2D eigenvalue weighted by molar-refractivity contribution is 7.98. The highest BCUT2D eigenvalue weighted by Gasteiger charge is 2.10. The number of hydrogen-bond acceptors (Lipinski definition) is 6. The van der Waals surface area contributed by atoms with E-state index in [1.54, 1.807) is 14.2 Å². The van der Waals surface area contributed by atoms with Crippen LogP contribution in [0, 0.1) is 0 Å². The van der Waals surface area contributed by atoms with Crippen LogP contribution in [0.4, 0.5) is 11.5 Å². The Morgan fingerprint density at radius 3 is 2.40 bits per heavy atom. The van der Waals surface area contributed by atoms with Gasteiger partial charge in [-0.15, -0.1) is 0 Å². The molecule has 25 heavy (non-hydrogen) atoms. The van der Waals surface area contributed by atoms with E-state index in [0.29, 0.717) is 16.7 Å². The molecule has 0 unspecified atom stereocenters. The molecule has 128 valence electrons. The van der Waals surface area contributed by atoms with Crippen LogP contribution in [-0.4, -0.2) is 30.4 Å². The van der Waals surface area contributed by atoms with Gasteiger partial charge >= 0.3 is 0 Å². The van der Waals surface area contributed by atoms with Crippen molar-refractivity contribution in [3.05, 3.63) is 54.6 Å². The summed E-state index contributed by atoms with van der Waals surface area (Å²) in [5, 5.41) is 4.02. The van der Waals surface area contributed by atoms with Gasteiger partial charge in [0, 0.05) is 17.7 Å². The first-order valence-corrected chi connectivity index (χ1v) is 8.93. The largest absolute Gasteiger partial charge is 0.497 e. The van der Waals surface area contributed by atoms with Crippen LogP contribution in [0.15, 0.2) is 59.8 Å². The first kappa shape index (κ1) is 17.1. The summed E-state index contributed by atoms with van der Waals surface area (Å²) >= 11 is 1.50. The van der Waals surface area contributed by atoms with Gasteiger partial charge in [-0.3, -0.25) is 0 Å². The molecule has 0 fully saturated rings. The number of methoxy groups -OCH3 is 2. The zero-order chi connectivity index (χ0) is 17.6. The number of aromatic nitrogens is 2. The smallest absolute Gasteiger partial charge is 0.189 e. The van der Waals surface area contributed by atoms with E-state index in [1.807, 2.05) is 60.9 Å². The second-order valence-electron chi connectivity index (χ2n) is 5.18. The Bertz CT molecular complexity index is 857. The second kappa shape index (κ2) is 7.90. The van der Waals surface area contributed by atoms with Crippen LogP contribution in [0.3, 0.4) is 0 Å². The highest BCUT2D eigenvalue weighted by Crippen LogP contribution is 2.32. The molecule has 3 rings (SSSR count). The molecule has 5 nitrogen and oxygen atoms in total. The van der Waals surface area contributed by atoms with Crippen molar-refractivity contribution in [3.63, 3.8) is 0 Å². The normalized spacial score (nSPS) is 10.4. The Kier molecular flexibility index (Phi) is 5.40. The lowest BCUT2D eigenvalue weighted by atomic mass is 10.1. The summed E-state index contributed by atoms with van der Waals surface area (Å²) in [6.07, 6.45) is 1.96. The van der Waals surface area contributed by atoms with Crippen LogP contribution in [0.25, 0.3) is 11.3 Å². The average molecular weight is 353 g/mol. The molecule has 0 saturated carbocycles. The summed E-state index contributed by atoms with van der Waals surface area (Å²) in [6, 6.07) is 17.6. The van der Waals surface area contributed by atoms with Crippen molar-refractivity contribution in [2.45, 2.75) is 5.16 Å². The van der Waals surface area contributed by atoms with Crippen LogP contribution in [0.2, 0.25) is 0 Å². The van der Waals surface area contributed by atoms with E-state index in [0.717, 1.165) is 22.7 Å². The second-order valence-corrected chi connectivity index (χ2v) is 5.96. The lowest BCUT2D eigenvalue weighted by Gasteiger charge is -2.13. The molecule has 3 aromatic rings. The Hall–Kier alpha value is -2.73. The van der Waals surface area contributed by atoms with Gasteiger partial charge in [-0.1, -0.05) is 42.1 Å². The lowest BCUT2D eigenvalue weighted by molar-refractivity contribution is 0.395. The van der Waals surface area contributed by atoms with Crippen molar-refractivity contribution >= 4 is 23.3 Å². The van der Waals surface area contributed by atoms with E-state index in [9.17, 15) is 0 Å². The minimum absolute atomic E-state index is 0.685. The lowest BCUT2D eigenvalue weighted by Crippen LogP contribution is -2.00. The number of benzene rings is 2. The molecule has 0 amide bonds. The van der Waals surface area contributed by atoms with E-state index in [2.05, 4.69) is 15.3 Å². The van der Waals surface area contributed by atoms with Crippen LogP contribution in [0.1, 0.15) is 0 Å². The molecule has 0 aliphatic carbocycles. The van der Waals surface area contributed by atoms with Gasteiger partial charge in [0.15, 0.2) is 5.16 Å². The fourth-order valence-corrected chi connectivity index (χ4v) is 2.76. The van der Waals surface area contributed by atoms with E-state index >= 15 is 0 Å². The van der Waals surface area contributed by atoms with Crippen LogP contribution in [0.5, 0.6) is 11.5 Å². The van der Waals surface area contributed by atoms with Gasteiger partial charge in [-0.05, 0) is 18.4 Å². The number of thioether (sulfide) groups is 1. The van der Waals surface area contributed by atoms with Gasteiger partial charge in [-0.25, -0.2) is 9.97 Å². The topological polar surface area (TPSA) is 56.3 Å². The molecule has 0 radical (unpaired) electrons. The maximum atomic E-state index is 5.44. The van der Waals surface area contributed by atoms with Gasteiger partial charge in [0.05, 0.1) is 25.6 Å². The van der Waals surface area contributed by atoms with Crippen LogP contribution >= 0.6 is 11.8 Å². The fourth-order valence-electron chi connectivity index (χ4n) is 2.38. The summed E-state index contributed by atoms with van der Waals surface area (Å²) < 4.78 is 10.7. The molecule has 1 heterocycles. The third kappa shape index (κ3) is 4.03. The van der Waals surface area contributed by atoms with Crippen molar-refractivity contribution < 1.29 is 9.47 Å². The van der Waals surface area contributed by atoms with Gasteiger partial charge in [0.1, 0.15) is 17.3 Å². The van der Waals surface area contributed by atoms with Crippen molar-refractivity contribution in [1.29, 1.82) is 0 Å². The minimum atomic E-state index is 0.685. The summed E-state index contributed by atoms with van der Waals surface area (Å²) in [7, 11) is 3.26. The molecule has 0 bridgehead atoms. The summed E-state index contributed by atoms with van der Waals surface area (Å²) in [6.45, 7) is 0. The monoisotopic (exact) mass is 353 g/mol. The SMILES string of the molecule is COc1ccc(Nc2cc(-c3ccccc3)nc(SC)n2)c(OC)c1. The number of nitrogens with zero attached hydrogens (tertiary/aromatic N) is 2. The molecule has 1 N–H and O–H groups in total. The molecule has 2 aromatic carbocycles. The quantitative estimate of drug-likeness (QED) is 0.515. The summed E-state index contributed by atoms with van der Waals surface area (Å²) in [5.74, 6) is 2.13. The van der Waals surface area contributed by atoms with Gasteiger partial charge in [0.25, 0.3) is 0 Å². The van der Waals surface area contributed by atoms with Gasteiger partial charge in [-0.2, -0.15) is 0 Å². The van der Waals surface area contributed by atoms with E-state index in [-0.39, 0.29) is 0 Å². The van der Waals surface area contributed by atoms with E-state index in [1.165, 1.54) is 11.8 Å². The summed E-state index contributed by atoms with van der Waals surface area (Å²) in [4.78, 5) is 9.14. The molecule has 1 aromatic heterocycles. The predicted molar refractivity (Wildman–Crippen MR) is 102 cm³/mol. The summed E-state index contributed by atoms with van der Waals surface area (Å²) in [5.41, 5.74) is 2.73. The molecule has 0 spiro atoms. The average Bonchev–Trinajstić information content (AvgIpc) is 2.68. The number of hydrogen-bond donors (Lipinski definition) is 1. The number of anilines is 2. The Morgan fingerprint density at radius 1 is 0.920 bits per heavy atom. The number of ether oxygens (including phenoxy) is 2. The molecule has 0 aliphatic rings. The van der Waals surface area contributed by atoms with Crippen LogP contribution in [-0.2, 0) is 0 Å². The zero-order valence-corrected chi connectivity index (χ0v) is 15.1. The molecule has 0 atom stereocenters. The number of rotatable bonds is 6. The van der Waals surface area contributed by atoms with Crippen molar-refractivity contribution in [3.8, 4) is 22.8 Å². The van der Waals surface area contributed by atoms with Gasteiger partial charge in [0.2, 0.25) is 0 Å². The standard InChI is InChI=1S/C19H19N3O2S/c1-23-14-9-10-15(17(11-14)24-2)20-18-12-16(21-19(22-18)25-3)13-7-5-4-6-8-13/h4-12H,1-3H3,(H,20,21,22). The highest BCUT2D eigenvalue weighted by atomic mass is 32.2. The molecular formula is C19H19N3O2S. The van der Waals surface area contributed by atoms with Crippen molar-refractivity contribution in [1.82, 2.24) is 9.97 Å². The Balaban J connectivity index is 1.98. The van der Waals surface area contributed by atoms with Gasteiger partial charge < -0.3 is 14.8 Å². The maximum absolute atomic E-state index is 5.44. The van der Waals surface area contributed by atoms with E-state index in [4.69, 9.17) is 9.47 Å². The maximum Gasteiger partial charge on any atom is 0.189 e. The Morgan fingerprint density at radius 2 is 1.72 bits per heavy atom. The Labute approximate surface area is 151 Å². The zero-order valence-electron chi connectivity index (χ0n) is 14.3. The first-order valence-electron chi connectivity index (χ1n) is 7.71. The third-order valence-electron chi connectivity index (χ3n) is 3.63.